The van der Waals surface area contributed by atoms with E-state index in [2.05, 4.69) is 15.6 Å². The van der Waals surface area contributed by atoms with E-state index >= 15 is 0 Å². The first-order valence-electron chi connectivity index (χ1n) is 7.78. The number of ether oxygens (including phenoxy) is 3. The van der Waals surface area contributed by atoms with Crippen LogP contribution in [0.2, 0.25) is 0 Å². The Kier molecular flexibility index (Phi) is 9.96. The summed E-state index contributed by atoms with van der Waals surface area (Å²) in [5.74, 6) is 1.16. The van der Waals surface area contributed by atoms with Crippen molar-refractivity contribution in [1.82, 2.24) is 10.6 Å². The maximum absolute atomic E-state index is 13.7. The van der Waals surface area contributed by atoms with Gasteiger partial charge in [-0.3, -0.25) is 4.99 Å². The molecule has 8 heteroatoms. The van der Waals surface area contributed by atoms with Crippen LogP contribution in [0.5, 0.6) is 5.75 Å². The van der Waals surface area contributed by atoms with Gasteiger partial charge in [-0.05, 0) is 31.0 Å². The molecule has 1 heterocycles. The average molecular weight is 453 g/mol. The van der Waals surface area contributed by atoms with Gasteiger partial charge in [0.15, 0.2) is 12.8 Å². The van der Waals surface area contributed by atoms with Crippen LogP contribution in [0, 0.1) is 5.82 Å². The molecule has 1 aromatic carbocycles. The summed E-state index contributed by atoms with van der Waals surface area (Å²) in [6.45, 7) is 5.18. The molecular weight excluding hydrogens is 428 g/mol. The molecule has 0 unspecified atom stereocenters. The lowest BCUT2D eigenvalue weighted by atomic mass is 10.1. The smallest absolute Gasteiger partial charge is 0.191 e. The van der Waals surface area contributed by atoms with E-state index in [9.17, 15) is 4.39 Å². The molecule has 0 spiro atoms. The molecule has 0 amide bonds. The van der Waals surface area contributed by atoms with Crippen LogP contribution in [-0.2, 0) is 22.5 Å². The fraction of sp³-hybridized carbons (Fsp3) is 0.562. The third kappa shape index (κ3) is 6.40. The zero-order valence-corrected chi connectivity index (χ0v) is 16.4. The second-order valence-electron chi connectivity index (χ2n) is 5.04. The molecule has 2 rings (SSSR count). The summed E-state index contributed by atoms with van der Waals surface area (Å²) in [4.78, 5) is 4.14. The SMILES string of the molecule is CCOCCNC(=NC)NCCc1cc(F)cc2c1OCOC2.I. The number of nitrogens with one attached hydrogen (secondary N) is 2. The fourth-order valence-corrected chi connectivity index (χ4v) is 2.36. The maximum atomic E-state index is 13.7. The third-order valence-electron chi connectivity index (χ3n) is 3.41. The van der Waals surface area contributed by atoms with E-state index in [1.54, 1.807) is 7.05 Å². The minimum Gasteiger partial charge on any atom is -0.467 e. The highest BCUT2D eigenvalue weighted by Gasteiger charge is 2.16. The quantitative estimate of drug-likeness (QED) is 0.287. The number of hydrogen-bond acceptors (Lipinski definition) is 4. The maximum Gasteiger partial charge on any atom is 0.191 e. The molecule has 0 saturated carbocycles. The Morgan fingerprint density at radius 1 is 1.33 bits per heavy atom. The van der Waals surface area contributed by atoms with Crippen molar-refractivity contribution >= 4 is 29.9 Å². The molecule has 0 bridgehead atoms. The first-order valence-corrected chi connectivity index (χ1v) is 7.78. The van der Waals surface area contributed by atoms with Crippen LogP contribution < -0.4 is 15.4 Å². The summed E-state index contributed by atoms with van der Waals surface area (Å²) < 4.78 is 29.6. The van der Waals surface area contributed by atoms with E-state index in [0.717, 1.165) is 16.9 Å². The van der Waals surface area contributed by atoms with Gasteiger partial charge < -0.3 is 24.8 Å². The molecule has 2 N–H and O–H groups in total. The van der Waals surface area contributed by atoms with Crippen LogP contribution in [0.3, 0.4) is 0 Å². The fourth-order valence-electron chi connectivity index (χ4n) is 2.36. The summed E-state index contributed by atoms with van der Waals surface area (Å²) in [5, 5.41) is 6.35. The predicted octanol–water partition coefficient (Wildman–Crippen LogP) is 2.05. The molecule has 6 nitrogen and oxygen atoms in total. The molecule has 0 aliphatic carbocycles. The third-order valence-corrected chi connectivity index (χ3v) is 3.41. The van der Waals surface area contributed by atoms with Crippen molar-refractivity contribution in [3.05, 3.63) is 29.1 Å². The lowest BCUT2D eigenvalue weighted by Gasteiger charge is -2.21. The number of hydrogen-bond donors (Lipinski definition) is 2. The monoisotopic (exact) mass is 453 g/mol. The second-order valence-corrected chi connectivity index (χ2v) is 5.04. The molecule has 0 atom stereocenters. The Morgan fingerprint density at radius 2 is 2.12 bits per heavy atom. The van der Waals surface area contributed by atoms with Crippen LogP contribution in [0.25, 0.3) is 0 Å². The molecule has 1 aliphatic heterocycles. The van der Waals surface area contributed by atoms with E-state index < -0.39 is 0 Å². The van der Waals surface area contributed by atoms with E-state index in [1.165, 1.54) is 12.1 Å². The van der Waals surface area contributed by atoms with E-state index in [1.807, 2.05) is 6.92 Å². The summed E-state index contributed by atoms with van der Waals surface area (Å²) in [6, 6.07) is 2.97. The predicted molar refractivity (Wildman–Crippen MR) is 102 cm³/mol. The first kappa shape index (κ1) is 20.9. The number of benzene rings is 1. The van der Waals surface area contributed by atoms with Gasteiger partial charge in [0.1, 0.15) is 11.6 Å². The van der Waals surface area contributed by atoms with Gasteiger partial charge in [-0.1, -0.05) is 0 Å². The van der Waals surface area contributed by atoms with Crippen LogP contribution in [0.1, 0.15) is 18.1 Å². The number of guanidine groups is 1. The van der Waals surface area contributed by atoms with Crippen molar-refractivity contribution in [2.75, 3.05) is 40.1 Å². The van der Waals surface area contributed by atoms with Crippen molar-refractivity contribution in [2.24, 2.45) is 4.99 Å². The molecule has 24 heavy (non-hydrogen) atoms. The summed E-state index contributed by atoms with van der Waals surface area (Å²) in [7, 11) is 1.71. The molecular formula is C16H25FIN3O3. The Morgan fingerprint density at radius 3 is 2.88 bits per heavy atom. The van der Waals surface area contributed by atoms with E-state index in [4.69, 9.17) is 14.2 Å². The number of rotatable bonds is 7. The van der Waals surface area contributed by atoms with Crippen LogP contribution in [0.15, 0.2) is 17.1 Å². The number of nitrogens with zero attached hydrogens (tertiary/aromatic N) is 1. The van der Waals surface area contributed by atoms with Gasteiger partial charge in [0, 0.05) is 32.3 Å². The molecule has 1 aliphatic rings. The lowest BCUT2D eigenvalue weighted by molar-refractivity contribution is -0.0172. The van der Waals surface area contributed by atoms with E-state index in [-0.39, 0.29) is 36.6 Å². The van der Waals surface area contributed by atoms with Gasteiger partial charge in [-0.2, -0.15) is 0 Å². The van der Waals surface area contributed by atoms with Crippen molar-refractivity contribution in [2.45, 2.75) is 20.0 Å². The number of fused-ring (bicyclic) bond motifs is 1. The Balaban J connectivity index is 0.00000288. The van der Waals surface area contributed by atoms with Crippen molar-refractivity contribution in [1.29, 1.82) is 0 Å². The summed E-state index contributed by atoms with van der Waals surface area (Å²) >= 11 is 0. The zero-order valence-electron chi connectivity index (χ0n) is 14.1. The van der Waals surface area contributed by atoms with Crippen LogP contribution in [0.4, 0.5) is 4.39 Å². The Labute approximate surface area is 159 Å². The summed E-state index contributed by atoms with van der Waals surface area (Å²) in [5.41, 5.74) is 1.59. The number of aliphatic imine (C=N–C) groups is 1. The second kappa shape index (κ2) is 11.4. The van der Waals surface area contributed by atoms with Gasteiger partial charge in [0.25, 0.3) is 0 Å². The molecule has 0 saturated heterocycles. The largest absolute Gasteiger partial charge is 0.467 e. The average Bonchev–Trinajstić information content (AvgIpc) is 2.56. The lowest BCUT2D eigenvalue weighted by Crippen LogP contribution is -2.39. The van der Waals surface area contributed by atoms with Crippen LogP contribution in [-0.4, -0.2) is 46.1 Å². The standard InChI is InChI=1S/C16H24FN3O3.HI/c1-3-21-7-6-20-16(18-2)19-5-4-12-8-14(17)9-13-10-22-11-23-15(12)13;/h8-9H,3-7,10-11H2,1-2H3,(H2,18,19,20);1H. The van der Waals surface area contributed by atoms with E-state index in [0.29, 0.717) is 45.3 Å². The van der Waals surface area contributed by atoms with Crippen molar-refractivity contribution in [3.8, 4) is 5.75 Å². The number of halogens is 2. The minimum absolute atomic E-state index is 0. The highest BCUT2D eigenvalue weighted by atomic mass is 127. The van der Waals surface area contributed by atoms with Gasteiger partial charge in [0.05, 0.1) is 13.2 Å². The normalized spacial score (nSPS) is 13.5. The minimum atomic E-state index is -0.271. The van der Waals surface area contributed by atoms with Crippen LogP contribution >= 0.6 is 24.0 Å². The molecule has 1 aromatic rings. The van der Waals surface area contributed by atoms with Gasteiger partial charge in [0.2, 0.25) is 0 Å². The zero-order chi connectivity index (χ0) is 16.5. The first-order chi connectivity index (χ1) is 11.2. The van der Waals surface area contributed by atoms with Crippen molar-refractivity contribution < 1.29 is 18.6 Å². The molecule has 0 fully saturated rings. The molecule has 0 aromatic heterocycles. The molecule has 136 valence electrons. The topological polar surface area (TPSA) is 64.1 Å². The highest BCUT2D eigenvalue weighted by Crippen LogP contribution is 2.29. The highest BCUT2D eigenvalue weighted by molar-refractivity contribution is 14.0. The van der Waals surface area contributed by atoms with Crippen molar-refractivity contribution in [3.63, 3.8) is 0 Å². The summed E-state index contributed by atoms with van der Waals surface area (Å²) in [6.07, 6.45) is 0.631. The molecule has 0 radical (unpaired) electrons. The Hall–Kier alpha value is -1.13. The Bertz CT molecular complexity index is 544. The van der Waals surface area contributed by atoms with Gasteiger partial charge >= 0.3 is 0 Å². The van der Waals surface area contributed by atoms with Gasteiger partial charge in [-0.25, -0.2) is 4.39 Å². The van der Waals surface area contributed by atoms with Gasteiger partial charge in [-0.15, -0.1) is 24.0 Å².